The van der Waals surface area contributed by atoms with Crippen molar-refractivity contribution in [3.63, 3.8) is 0 Å². The van der Waals surface area contributed by atoms with Crippen LogP contribution < -0.4 is 0 Å². The van der Waals surface area contributed by atoms with Crippen LogP contribution in [0.2, 0.25) is 0 Å². The normalized spacial score (nSPS) is 12.4. The number of para-hydroxylation sites is 2. The van der Waals surface area contributed by atoms with E-state index in [1.54, 1.807) is 12.2 Å². The van der Waals surface area contributed by atoms with Crippen LogP contribution in [0.5, 0.6) is 0 Å². The Balaban J connectivity index is 1.92. The SMILES string of the molecule is Cc1cc(C)c(/C(O)=C/c2nc3ccccc3nc2/C=C(\O)c2c(C)cc(C)cc2C)c(C)c1. The average Bonchev–Trinajstić information content (AvgIpc) is 2.72. The van der Waals surface area contributed by atoms with Crippen molar-refractivity contribution < 1.29 is 10.2 Å². The maximum atomic E-state index is 11.1. The fourth-order valence-corrected chi connectivity index (χ4v) is 4.81. The number of fused-ring (bicyclic) bond motifs is 1. The maximum Gasteiger partial charge on any atom is 0.125 e. The minimum absolute atomic E-state index is 0.122. The van der Waals surface area contributed by atoms with Crippen molar-refractivity contribution in [2.45, 2.75) is 41.5 Å². The molecule has 4 aromatic rings. The van der Waals surface area contributed by atoms with Gasteiger partial charge in [-0.05, 0) is 75.9 Å². The van der Waals surface area contributed by atoms with Gasteiger partial charge in [-0.2, -0.15) is 0 Å². The first-order valence-corrected chi connectivity index (χ1v) is 11.4. The summed E-state index contributed by atoms with van der Waals surface area (Å²) in [7, 11) is 0. The lowest BCUT2D eigenvalue weighted by Crippen LogP contribution is -1.99. The first-order chi connectivity index (χ1) is 16.1. The van der Waals surface area contributed by atoms with Crippen LogP contribution in [0.4, 0.5) is 0 Å². The van der Waals surface area contributed by atoms with Crippen LogP contribution in [-0.2, 0) is 0 Å². The first kappa shape index (κ1) is 23.2. The van der Waals surface area contributed by atoms with E-state index in [4.69, 9.17) is 9.97 Å². The largest absolute Gasteiger partial charge is 0.507 e. The van der Waals surface area contributed by atoms with Crippen molar-refractivity contribution in [1.82, 2.24) is 9.97 Å². The van der Waals surface area contributed by atoms with Crippen molar-refractivity contribution in [1.29, 1.82) is 0 Å². The summed E-state index contributed by atoms with van der Waals surface area (Å²) in [5.41, 5.74) is 10.2. The highest BCUT2D eigenvalue weighted by atomic mass is 16.3. The zero-order valence-corrected chi connectivity index (χ0v) is 20.6. The molecule has 0 bridgehead atoms. The van der Waals surface area contributed by atoms with E-state index >= 15 is 0 Å². The minimum atomic E-state index is 0.122. The third-order valence-corrected chi connectivity index (χ3v) is 6.04. The average molecular weight is 451 g/mol. The topological polar surface area (TPSA) is 66.2 Å². The Kier molecular flexibility index (Phi) is 6.25. The van der Waals surface area contributed by atoms with Gasteiger partial charge in [-0.3, -0.25) is 0 Å². The molecule has 4 rings (SSSR count). The molecule has 0 radical (unpaired) electrons. The summed E-state index contributed by atoms with van der Waals surface area (Å²) in [6.07, 6.45) is 3.27. The Hall–Kier alpha value is -3.92. The molecule has 4 nitrogen and oxygen atoms in total. The summed E-state index contributed by atoms with van der Waals surface area (Å²) in [6.45, 7) is 12.0. The smallest absolute Gasteiger partial charge is 0.125 e. The highest BCUT2D eigenvalue weighted by Crippen LogP contribution is 2.28. The number of benzene rings is 3. The van der Waals surface area contributed by atoms with Crippen molar-refractivity contribution in [2.75, 3.05) is 0 Å². The highest BCUT2D eigenvalue weighted by Gasteiger charge is 2.14. The summed E-state index contributed by atoms with van der Waals surface area (Å²) in [6, 6.07) is 15.8. The number of nitrogens with zero attached hydrogens (tertiary/aromatic N) is 2. The molecule has 0 fully saturated rings. The third kappa shape index (κ3) is 4.58. The molecule has 0 amide bonds. The van der Waals surface area contributed by atoms with Crippen LogP contribution in [-0.4, -0.2) is 20.2 Å². The van der Waals surface area contributed by atoms with E-state index in [0.29, 0.717) is 11.4 Å². The Labute approximate surface area is 201 Å². The molecule has 0 atom stereocenters. The van der Waals surface area contributed by atoms with Gasteiger partial charge in [0.15, 0.2) is 0 Å². The second kappa shape index (κ2) is 9.14. The number of aliphatic hydroxyl groups is 2. The Bertz CT molecular complexity index is 1320. The molecule has 0 unspecified atom stereocenters. The van der Waals surface area contributed by atoms with E-state index in [1.807, 2.05) is 90.1 Å². The highest BCUT2D eigenvalue weighted by molar-refractivity contribution is 5.87. The van der Waals surface area contributed by atoms with Gasteiger partial charge in [-0.25, -0.2) is 9.97 Å². The van der Waals surface area contributed by atoms with Crippen molar-refractivity contribution in [3.8, 4) is 0 Å². The molecule has 0 aliphatic heterocycles. The molecule has 1 heterocycles. The second-order valence-corrected chi connectivity index (χ2v) is 9.09. The van der Waals surface area contributed by atoms with Crippen LogP contribution >= 0.6 is 0 Å². The lowest BCUT2D eigenvalue weighted by molar-refractivity contribution is 0.513. The Morgan fingerprint density at radius 1 is 0.588 bits per heavy atom. The molecule has 4 heteroatoms. The summed E-state index contributed by atoms with van der Waals surface area (Å²) in [5.74, 6) is 0.243. The predicted molar refractivity (Wildman–Crippen MR) is 142 cm³/mol. The van der Waals surface area contributed by atoms with Crippen molar-refractivity contribution in [2.24, 2.45) is 0 Å². The fraction of sp³-hybridized carbons (Fsp3) is 0.200. The van der Waals surface area contributed by atoms with Gasteiger partial charge in [0.05, 0.1) is 22.4 Å². The van der Waals surface area contributed by atoms with Crippen LogP contribution in [0, 0.1) is 41.5 Å². The second-order valence-electron chi connectivity index (χ2n) is 9.09. The molecule has 3 aromatic carbocycles. The zero-order valence-electron chi connectivity index (χ0n) is 20.6. The number of aromatic nitrogens is 2. The molecular weight excluding hydrogens is 420 g/mol. The number of aryl methyl sites for hydroxylation is 6. The van der Waals surface area contributed by atoms with Gasteiger partial charge in [0.1, 0.15) is 11.5 Å². The van der Waals surface area contributed by atoms with Crippen LogP contribution in [0.25, 0.3) is 34.7 Å². The minimum Gasteiger partial charge on any atom is -0.507 e. The van der Waals surface area contributed by atoms with Crippen LogP contribution in [0.3, 0.4) is 0 Å². The Morgan fingerprint density at radius 2 is 0.912 bits per heavy atom. The van der Waals surface area contributed by atoms with Crippen molar-refractivity contribution in [3.05, 3.63) is 104 Å². The quantitative estimate of drug-likeness (QED) is 0.314. The van der Waals surface area contributed by atoms with Gasteiger partial charge < -0.3 is 10.2 Å². The number of hydrogen-bond acceptors (Lipinski definition) is 4. The monoisotopic (exact) mass is 450 g/mol. The van der Waals surface area contributed by atoms with E-state index in [2.05, 4.69) is 0 Å². The van der Waals surface area contributed by atoms with Gasteiger partial charge in [-0.1, -0.05) is 47.5 Å². The van der Waals surface area contributed by atoms with Gasteiger partial charge in [0.2, 0.25) is 0 Å². The van der Waals surface area contributed by atoms with Gasteiger partial charge >= 0.3 is 0 Å². The predicted octanol–water partition coefficient (Wildman–Crippen LogP) is 7.59. The molecule has 0 aliphatic rings. The summed E-state index contributed by atoms with van der Waals surface area (Å²) in [4.78, 5) is 9.54. The standard InChI is InChI=1S/C30H30N2O2/c1-17-11-19(3)29(20(4)12-17)27(33)15-25-26(32-24-10-8-7-9-23(24)31-25)16-28(34)30-21(5)13-18(2)14-22(30)6/h7-16,33-34H,1-6H3/b27-15-,28-16-. The molecule has 0 saturated carbocycles. The lowest BCUT2D eigenvalue weighted by atomic mass is 9.97. The van der Waals surface area contributed by atoms with Crippen molar-refractivity contribution >= 4 is 34.7 Å². The summed E-state index contributed by atoms with van der Waals surface area (Å²) in [5, 5.41) is 22.2. The Morgan fingerprint density at radius 3 is 1.24 bits per heavy atom. The van der Waals surface area contributed by atoms with Gasteiger partial charge in [0.25, 0.3) is 0 Å². The van der Waals surface area contributed by atoms with E-state index in [-0.39, 0.29) is 11.5 Å². The molecule has 172 valence electrons. The third-order valence-electron chi connectivity index (χ3n) is 6.04. The molecule has 1 aromatic heterocycles. The molecule has 0 saturated heterocycles. The maximum absolute atomic E-state index is 11.1. The number of hydrogen-bond donors (Lipinski definition) is 2. The molecule has 2 N–H and O–H groups in total. The number of aliphatic hydroxyl groups excluding tert-OH is 2. The van der Waals surface area contributed by atoms with Gasteiger partial charge in [-0.15, -0.1) is 0 Å². The lowest BCUT2D eigenvalue weighted by Gasteiger charge is -2.13. The summed E-state index contributed by atoms with van der Waals surface area (Å²) >= 11 is 0. The first-order valence-electron chi connectivity index (χ1n) is 11.4. The molecule has 0 aliphatic carbocycles. The summed E-state index contributed by atoms with van der Waals surface area (Å²) < 4.78 is 0. The van der Waals surface area contributed by atoms with Crippen LogP contribution in [0.15, 0.2) is 48.5 Å². The fourth-order valence-electron chi connectivity index (χ4n) is 4.81. The van der Waals surface area contributed by atoms with E-state index in [0.717, 1.165) is 55.5 Å². The zero-order chi connectivity index (χ0) is 24.6. The molecule has 0 spiro atoms. The van der Waals surface area contributed by atoms with E-state index < -0.39 is 0 Å². The number of rotatable bonds is 4. The van der Waals surface area contributed by atoms with E-state index in [1.165, 1.54) is 0 Å². The van der Waals surface area contributed by atoms with Crippen LogP contribution in [0.1, 0.15) is 55.9 Å². The van der Waals surface area contributed by atoms with Gasteiger partial charge in [0, 0.05) is 23.3 Å². The van der Waals surface area contributed by atoms with E-state index in [9.17, 15) is 10.2 Å². The molecule has 34 heavy (non-hydrogen) atoms. The molecular formula is C30H30N2O2.